The van der Waals surface area contributed by atoms with E-state index in [-0.39, 0.29) is 0 Å². The zero-order valence-electron chi connectivity index (χ0n) is 14.8. The molecule has 0 aliphatic heterocycles. The lowest BCUT2D eigenvalue weighted by atomic mass is 9.85. The third kappa shape index (κ3) is 3.31. The Morgan fingerprint density at radius 1 is 1.08 bits per heavy atom. The van der Waals surface area contributed by atoms with E-state index in [1.807, 2.05) is 19.1 Å². The van der Waals surface area contributed by atoms with Crippen molar-refractivity contribution in [3.05, 3.63) is 41.7 Å². The van der Waals surface area contributed by atoms with E-state index in [0.29, 0.717) is 5.92 Å². The predicted octanol–water partition coefficient (Wildman–Crippen LogP) is 5.07. The molecule has 2 N–H and O–H groups in total. The monoisotopic (exact) mass is 336 g/mol. The van der Waals surface area contributed by atoms with E-state index < -0.39 is 0 Å². The average Bonchev–Trinajstić information content (AvgIpc) is 3.06. The normalized spacial score (nSPS) is 15.4. The van der Waals surface area contributed by atoms with Crippen molar-refractivity contribution in [1.82, 2.24) is 15.2 Å². The quantitative estimate of drug-likeness (QED) is 0.698. The Hall–Kier alpha value is -2.56. The van der Waals surface area contributed by atoms with Crippen molar-refractivity contribution in [2.24, 2.45) is 0 Å². The topological polar surface area (TPSA) is 62.8 Å². The number of H-pyrrole nitrogens is 1. The first-order valence-electron chi connectivity index (χ1n) is 9.00. The lowest BCUT2D eigenvalue weighted by Crippen LogP contribution is -2.08. The molecule has 3 aromatic rings. The van der Waals surface area contributed by atoms with Gasteiger partial charge in [-0.15, -0.1) is 0 Å². The summed E-state index contributed by atoms with van der Waals surface area (Å²) in [6.45, 7) is 1.99. The highest BCUT2D eigenvalue weighted by atomic mass is 16.5. The number of aromatic nitrogens is 3. The van der Waals surface area contributed by atoms with E-state index in [1.54, 1.807) is 7.11 Å². The summed E-state index contributed by atoms with van der Waals surface area (Å²) in [6, 6.07) is 10.3. The van der Waals surface area contributed by atoms with Crippen molar-refractivity contribution in [1.29, 1.82) is 0 Å². The zero-order chi connectivity index (χ0) is 17.2. The minimum absolute atomic E-state index is 0.535. The van der Waals surface area contributed by atoms with Gasteiger partial charge in [-0.05, 0) is 49.4 Å². The molecule has 5 nitrogen and oxygen atoms in total. The molecule has 5 heteroatoms. The molecule has 1 aliphatic carbocycles. The molecular formula is C20H24N4O. The maximum atomic E-state index is 5.41. The van der Waals surface area contributed by atoms with Crippen LogP contribution in [-0.4, -0.2) is 22.3 Å². The van der Waals surface area contributed by atoms with Crippen molar-refractivity contribution in [3.8, 4) is 5.75 Å². The van der Waals surface area contributed by atoms with Gasteiger partial charge in [0.15, 0.2) is 5.82 Å². The van der Waals surface area contributed by atoms with E-state index in [0.717, 1.165) is 28.5 Å². The molecule has 0 unspecified atom stereocenters. The molecule has 2 aromatic heterocycles. The Morgan fingerprint density at radius 2 is 1.92 bits per heavy atom. The van der Waals surface area contributed by atoms with E-state index in [9.17, 15) is 0 Å². The first kappa shape index (κ1) is 15.9. The van der Waals surface area contributed by atoms with Crippen LogP contribution in [0.3, 0.4) is 0 Å². The number of nitrogens with zero attached hydrogens (tertiary/aromatic N) is 2. The zero-order valence-corrected chi connectivity index (χ0v) is 14.8. The average molecular weight is 336 g/mol. The molecule has 1 saturated carbocycles. The number of fused-ring (bicyclic) bond motifs is 1. The molecule has 0 spiro atoms. The van der Waals surface area contributed by atoms with Gasteiger partial charge >= 0.3 is 0 Å². The van der Waals surface area contributed by atoms with Gasteiger partial charge in [-0.2, -0.15) is 5.10 Å². The first-order chi connectivity index (χ1) is 12.2. The summed E-state index contributed by atoms with van der Waals surface area (Å²) in [7, 11) is 1.70. The fourth-order valence-corrected chi connectivity index (χ4v) is 3.75. The van der Waals surface area contributed by atoms with Crippen LogP contribution in [0.25, 0.3) is 10.8 Å². The molecule has 1 aliphatic rings. The van der Waals surface area contributed by atoms with Gasteiger partial charge in [-0.3, -0.25) is 5.10 Å². The lowest BCUT2D eigenvalue weighted by Gasteiger charge is -2.23. The van der Waals surface area contributed by atoms with Crippen LogP contribution in [0.15, 0.2) is 30.3 Å². The molecule has 1 fully saturated rings. The Kier molecular flexibility index (Phi) is 4.30. The largest absolute Gasteiger partial charge is 0.497 e. The number of aryl methyl sites for hydroxylation is 1. The molecule has 0 bridgehead atoms. The second-order valence-corrected chi connectivity index (χ2v) is 6.88. The number of methoxy groups -OCH3 is 1. The van der Waals surface area contributed by atoms with Gasteiger partial charge in [-0.25, -0.2) is 4.98 Å². The molecule has 1 aromatic carbocycles. The van der Waals surface area contributed by atoms with Gasteiger partial charge < -0.3 is 10.1 Å². The van der Waals surface area contributed by atoms with Crippen molar-refractivity contribution in [3.63, 3.8) is 0 Å². The molecule has 2 heterocycles. The van der Waals surface area contributed by atoms with Gasteiger partial charge in [0.05, 0.1) is 12.8 Å². The molecule has 130 valence electrons. The van der Waals surface area contributed by atoms with Crippen LogP contribution in [0, 0.1) is 6.92 Å². The van der Waals surface area contributed by atoms with Gasteiger partial charge in [0.25, 0.3) is 0 Å². The summed E-state index contributed by atoms with van der Waals surface area (Å²) in [5.74, 6) is 3.04. The van der Waals surface area contributed by atoms with E-state index in [4.69, 9.17) is 9.72 Å². The third-order valence-corrected chi connectivity index (χ3v) is 5.02. The number of nitrogens with one attached hydrogen (secondary N) is 2. The number of ether oxygens (including phenoxy) is 1. The van der Waals surface area contributed by atoms with Crippen LogP contribution in [0.1, 0.15) is 49.4 Å². The highest BCUT2D eigenvalue weighted by molar-refractivity contribution is 5.89. The summed E-state index contributed by atoms with van der Waals surface area (Å²) in [5.41, 5.74) is 2.23. The second-order valence-electron chi connectivity index (χ2n) is 6.88. The van der Waals surface area contributed by atoms with Crippen molar-refractivity contribution in [2.75, 3.05) is 12.4 Å². The first-order valence-corrected chi connectivity index (χ1v) is 9.00. The minimum atomic E-state index is 0.535. The predicted molar refractivity (Wildman–Crippen MR) is 101 cm³/mol. The molecular weight excluding hydrogens is 312 g/mol. The molecule has 0 amide bonds. The van der Waals surface area contributed by atoms with Gasteiger partial charge in [0.2, 0.25) is 0 Å². The second kappa shape index (κ2) is 6.75. The number of pyridine rings is 1. The van der Waals surface area contributed by atoms with Gasteiger partial charge in [-0.1, -0.05) is 19.3 Å². The number of anilines is 2. The molecule has 0 saturated heterocycles. The van der Waals surface area contributed by atoms with Crippen LogP contribution >= 0.6 is 0 Å². The third-order valence-electron chi connectivity index (χ3n) is 5.02. The lowest BCUT2D eigenvalue weighted by molar-refractivity contribution is 0.415. The molecule has 0 atom stereocenters. The van der Waals surface area contributed by atoms with Crippen LogP contribution < -0.4 is 10.1 Å². The highest BCUT2D eigenvalue weighted by Gasteiger charge is 2.20. The van der Waals surface area contributed by atoms with Crippen LogP contribution in [0.5, 0.6) is 5.75 Å². The summed E-state index contributed by atoms with van der Waals surface area (Å²) in [5, 5.41) is 13.0. The van der Waals surface area contributed by atoms with Gasteiger partial charge in [0.1, 0.15) is 11.6 Å². The summed E-state index contributed by atoms with van der Waals surface area (Å²) in [6.07, 6.45) is 6.37. The fraction of sp³-hybridized carbons (Fsp3) is 0.400. The van der Waals surface area contributed by atoms with Gasteiger partial charge in [0, 0.05) is 23.1 Å². The molecule has 0 radical (unpaired) electrons. The highest BCUT2D eigenvalue weighted by Crippen LogP contribution is 2.37. The summed E-state index contributed by atoms with van der Waals surface area (Å²) in [4.78, 5) is 4.98. The molecule has 25 heavy (non-hydrogen) atoms. The minimum Gasteiger partial charge on any atom is -0.497 e. The summed E-state index contributed by atoms with van der Waals surface area (Å²) < 4.78 is 5.41. The maximum absolute atomic E-state index is 5.41. The number of benzene rings is 1. The van der Waals surface area contributed by atoms with Crippen LogP contribution in [0.2, 0.25) is 0 Å². The Balaban J connectivity index is 1.79. The summed E-state index contributed by atoms with van der Waals surface area (Å²) >= 11 is 0. The Labute approximate surface area is 147 Å². The number of aromatic amines is 1. The SMILES string of the molecule is COc1ccc2c(C3CCCCC3)nc(Nc3cc(C)[nH]n3)cc2c1. The molecule has 4 rings (SSSR count). The van der Waals surface area contributed by atoms with E-state index >= 15 is 0 Å². The van der Waals surface area contributed by atoms with Crippen molar-refractivity contribution >= 4 is 22.4 Å². The number of hydrogen-bond acceptors (Lipinski definition) is 4. The standard InChI is InChI=1S/C20H24N4O/c1-13-10-19(24-23-13)21-18-12-15-11-16(25-2)8-9-17(15)20(22-18)14-6-4-3-5-7-14/h8-12,14H,3-7H2,1-2H3,(H2,21,22,23,24). The van der Waals surface area contributed by atoms with Crippen LogP contribution in [-0.2, 0) is 0 Å². The van der Waals surface area contributed by atoms with Crippen LogP contribution in [0.4, 0.5) is 11.6 Å². The number of hydrogen-bond donors (Lipinski definition) is 2. The smallest absolute Gasteiger partial charge is 0.153 e. The number of rotatable bonds is 4. The van der Waals surface area contributed by atoms with Crippen molar-refractivity contribution < 1.29 is 4.74 Å². The maximum Gasteiger partial charge on any atom is 0.153 e. The Morgan fingerprint density at radius 3 is 2.64 bits per heavy atom. The Bertz CT molecular complexity index is 881. The fourth-order valence-electron chi connectivity index (χ4n) is 3.75. The van der Waals surface area contributed by atoms with E-state index in [1.165, 1.54) is 43.2 Å². The van der Waals surface area contributed by atoms with Crippen molar-refractivity contribution in [2.45, 2.75) is 44.9 Å². The van der Waals surface area contributed by atoms with E-state index in [2.05, 4.69) is 33.7 Å².